The molecular weight excluding hydrogens is 422 g/mol. The number of rotatable bonds is 4. The minimum atomic E-state index is -3.61. The van der Waals surface area contributed by atoms with Crippen LogP contribution in [0.4, 0.5) is 0 Å². The molecule has 32 heavy (non-hydrogen) atoms. The van der Waals surface area contributed by atoms with Crippen molar-refractivity contribution in [1.29, 1.82) is 0 Å². The molecule has 1 amide bonds. The lowest BCUT2D eigenvalue weighted by atomic mass is 10.1. The van der Waals surface area contributed by atoms with E-state index in [1.165, 1.54) is 4.31 Å². The Morgan fingerprint density at radius 2 is 1.38 bits per heavy atom. The molecule has 0 radical (unpaired) electrons. The van der Waals surface area contributed by atoms with Crippen LogP contribution in [0, 0.1) is 0 Å². The zero-order valence-electron chi connectivity index (χ0n) is 17.5. The summed E-state index contributed by atoms with van der Waals surface area (Å²) >= 11 is 0. The third-order valence-electron chi connectivity index (χ3n) is 5.90. The Kier molecular flexibility index (Phi) is 5.28. The lowest BCUT2D eigenvalue weighted by Gasteiger charge is -2.34. The number of fused-ring (bicyclic) bond motifs is 1. The van der Waals surface area contributed by atoms with E-state index in [1.54, 1.807) is 17.0 Å². The summed E-state index contributed by atoms with van der Waals surface area (Å²) in [7, 11) is -3.61. The summed E-state index contributed by atoms with van der Waals surface area (Å²) in [5.74, 6) is -0.0770. The number of benzene rings is 3. The second kappa shape index (κ2) is 8.26. The van der Waals surface area contributed by atoms with E-state index in [4.69, 9.17) is 0 Å². The van der Waals surface area contributed by atoms with Gasteiger partial charge in [-0.2, -0.15) is 4.31 Å². The Labute approximate surface area is 187 Å². The molecule has 0 N–H and O–H groups in total. The third-order valence-corrected chi connectivity index (χ3v) is 7.80. The molecule has 2 heterocycles. The molecule has 0 aliphatic carbocycles. The highest BCUT2D eigenvalue weighted by atomic mass is 32.2. The predicted molar refractivity (Wildman–Crippen MR) is 124 cm³/mol. The van der Waals surface area contributed by atoms with Gasteiger partial charge in [-0.3, -0.25) is 4.79 Å². The van der Waals surface area contributed by atoms with Crippen molar-refractivity contribution in [3.05, 3.63) is 96.8 Å². The molecule has 4 aromatic rings. The maximum Gasteiger partial charge on any atom is 0.253 e. The summed E-state index contributed by atoms with van der Waals surface area (Å²) < 4.78 is 29.7. The van der Waals surface area contributed by atoms with Crippen LogP contribution in [0.15, 0.2) is 96.2 Å². The zero-order valence-corrected chi connectivity index (χ0v) is 18.3. The number of hydrogen-bond acceptors (Lipinski definition) is 3. The van der Waals surface area contributed by atoms with E-state index in [0.717, 1.165) is 16.5 Å². The maximum absolute atomic E-state index is 13.1. The first-order valence-electron chi connectivity index (χ1n) is 10.5. The molecule has 3 aromatic carbocycles. The fourth-order valence-electron chi connectivity index (χ4n) is 4.07. The van der Waals surface area contributed by atoms with Crippen LogP contribution in [-0.4, -0.2) is 54.3 Å². The van der Waals surface area contributed by atoms with Gasteiger partial charge in [0.05, 0.1) is 4.90 Å². The molecule has 7 heteroatoms. The fourth-order valence-corrected chi connectivity index (χ4v) is 5.53. The van der Waals surface area contributed by atoms with Crippen molar-refractivity contribution in [2.24, 2.45) is 0 Å². The quantitative estimate of drug-likeness (QED) is 0.480. The molecule has 0 unspecified atom stereocenters. The molecule has 1 fully saturated rings. The van der Waals surface area contributed by atoms with E-state index in [1.807, 2.05) is 83.7 Å². The number of piperazine rings is 1. The molecule has 1 aliphatic heterocycles. The van der Waals surface area contributed by atoms with Gasteiger partial charge in [-0.15, -0.1) is 0 Å². The standard InChI is InChI=1S/C25H23N3O3S/c29-25(21-7-10-23(11-8-21)26-13-3-4-14-26)27-15-17-28(18-16-27)32(30,31)24-12-9-20-5-1-2-6-22(20)19-24/h1-14,19H,15-18H2. The van der Waals surface area contributed by atoms with Crippen molar-refractivity contribution in [2.45, 2.75) is 4.90 Å². The van der Waals surface area contributed by atoms with Crippen LogP contribution in [0.3, 0.4) is 0 Å². The minimum absolute atomic E-state index is 0.0770. The maximum atomic E-state index is 13.1. The summed E-state index contributed by atoms with van der Waals surface area (Å²) in [6.07, 6.45) is 3.90. The summed E-state index contributed by atoms with van der Waals surface area (Å²) in [6.45, 7) is 1.29. The average Bonchev–Trinajstić information content (AvgIpc) is 3.38. The van der Waals surface area contributed by atoms with Crippen molar-refractivity contribution in [3.8, 4) is 5.69 Å². The fraction of sp³-hybridized carbons (Fsp3) is 0.160. The second-order valence-corrected chi connectivity index (χ2v) is 9.78. The second-order valence-electron chi connectivity index (χ2n) is 7.84. The Bertz CT molecular complexity index is 1360. The first-order chi connectivity index (χ1) is 15.5. The van der Waals surface area contributed by atoms with Gasteiger partial charge in [-0.05, 0) is 59.3 Å². The van der Waals surface area contributed by atoms with Crippen molar-refractivity contribution in [3.63, 3.8) is 0 Å². The number of hydrogen-bond donors (Lipinski definition) is 0. The van der Waals surface area contributed by atoms with Crippen LogP contribution in [0.25, 0.3) is 16.5 Å². The smallest absolute Gasteiger partial charge is 0.253 e. The molecule has 0 atom stereocenters. The predicted octanol–water partition coefficient (Wildman–Crippen LogP) is 3.78. The number of amides is 1. The van der Waals surface area contributed by atoms with Gasteiger partial charge >= 0.3 is 0 Å². The largest absolute Gasteiger partial charge is 0.336 e. The molecule has 1 aliphatic rings. The van der Waals surface area contributed by atoms with Crippen molar-refractivity contribution >= 4 is 26.7 Å². The summed E-state index contributed by atoms with van der Waals surface area (Å²) in [4.78, 5) is 14.9. The normalized spacial score (nSPS) is 15.2. The van der Waals surface area contributed by atoms with Crippen LogP contribution in [0.5, 0.6) is 0 Å². The summed E-state index contributed by atoms with van der Waals surface area (Å²) in [5.41, 5.74) is 1.59. The number of sulfonamides is 1. The van der Waals surface area contributed by atoms with Gasteiger partial charge in [-0.1, -0.05) is 30.3 Å². The van der Waals surface area contributed by atoms with E-state index >= 15 is 0 Å². The van der Waals surface area contributed by atoms with E-state index in [2.05, 4.69) is 0 Å². The van der Waals surface area contributed by atoms with Gasteiger partial charge < -0.3 is 9.47 Å². The molecule has 6 nitrogen and oxygen atoms in total. The Morgan fingerprint density at radius 1 is 0.719 bits per heavy atom. The van der Waals surface area contributed by atoms with Crippen molar-refractivity contribution in [1.82, 2.24) is 13.8 Å². The molecule has 0 spiro atoms. The molecule has 162 valence electrons. The topological polar surface area (TPSA) is 62.6 Å². The molecule has 1 saturated heterocycles. The lowest BCUT2D eigenvalue weighted by molar-refractivity contribution is 0.0698. The number of nitrogens with zero attached hydrogens (tertiary/aromatic N) is 3. The number of carbonyl (C=O) groups is 1. The van der Waals surface area contributed by atoms with Crippen LogP contribution in [-0.2, 0) is 10.0 Å². The first-order valence-corrected chi connectivity index (χ1v) is 12.0. The lowest BCUT2D eigenvalue weighted by Crippen LogP contribution is -2.50. The Hall–Kier alpha value is -3.42. The van der Waals surface area contributed by atoms with Gasteiger partial charge in [0.1, 0.15) is 0 Å². The van der Waals surface area contributed by atoms with Gasteiger partial charge in [0.15, 0.2) is 0 Å². The Balaban J connectivity index is 1.27. The van der Waals surface area contributed by atoms with Crippen LogP contribution >= 0.6 is 0 Å². The third kappa shape index (κ3) is 3.81. The average molecular weight is 446 g/mol. The molecule has 1 aromatic heterocycles. The SMILES string of the molecule is O=C(c1ccc(-n2cccc2)cc1)N1CCN(S(=O)(=O)c2ccc3ccccc3c2)CC1. The molecule has 0 saturated carbocycles. The Morgan fingerprint density at radius 3 is 2.06 bits per heavy atom. The van der Waals surface area contributed by atoms with E-state index in [0.29, 0.717) is 18.7 Å². The van der Waals surface area contributed by atoms with Gasteiger partial charge in [0.25, 0.3) is 5.91 Å². The van der Waals surface area contributed by atoms with Gasteiger partial charge in [0.2, 0.25) is 10.0 Å². The van der Waals surface area contributed by atoms with E-state index in [9.17, 15) is 13.2 Å². The van der Waals surface area contributed by atoms with E-state index < -0.39 is 10.0 Å². The van der Waals surface area contributed by atoms with Crippen LogP contribution < -0.4 is 0 Å². The van der Waals surface area contributed by atoms with Crippen molar-refractivity contribution in [2.75, 3.05) is 26.2 Å². The summed E-state index contributed by atoms with van der Waals surface area (Å²) in [5, 5.41) is 1.90. The number of carbonyl (C=O) groups excluding carboxylic acids is 1. The highest BCUT2D eigenvalue weighted by molar-refractivity contribution is 7.89. The van der Waals surface area contributed by atoms with Crippen LogP contribution in [0.1, 0.15) is 10.4 Å². The van der Waals surface area contributed by atoms with E-state index in [-0.39, 0.29) is 23.9 Å². The number of aromatic nitrogens is 1. The molecule has 0 bridgehead atoms. The monoisotopic (exact) mass is 445 g/mol. The molecular formula is C25H23N3O3S. The molecule has 5 rings (SSSR count). The highest BCUT2D eigenvalue weighted by Gasteiger charge is 2.30. The zero-order chi connectivity index (χ0) is 22.1. The van der Waals surface area contributed by atoms with Gasteiger partial charge in [-0.25, -0.2) is 8.42 Å². The minimum Gasteiger partial charge on any atom is -0.336 e. The van der Waals surface area contributed by atoms with Crippen molar-refractivity contribution < 1.29 is 13.2 Å². The van der Waals surface area contributed by atoms with Crippen LogP contribution in [0.2, 0.25) is 0 Å². The first kappa shape index (κ1) is 20.5. The van der Waals surface area contributed by atoms with Gasteiger partial charge in [0, 0.05) is 49.8 Å². The highest BCUT2D eigenvalue weighted by Crippen LogP contribution is 2.23. The summed E-state index contributed by atoms with van der Waals surface area (Å²) in [6, 6.07) is 24.3.